The average Bonchev–Trinajstić information content (AvgIpc) is 2.79. The predicted octanol–water partition coefficient (Wildman–Crippen LogP) is 4.10. The van der Waals surface area contributed by atoms with E-state index in [0.717, 1.165) is 36.1 Å². The molecule has 1 aliphatic carbocycles. The summed E-state index contributed by atoms with van der Waals surface area (Å²) in [6.45, 7) is 1.94. The van der Waals surface area contributed by atoms with E-state index in [2.05, 4.69) is 16.9 Å². The summed E-state index contributed by atoms with van der Waals surface area (Å²) in [5.74, 6) is 0.526. The Hall–Kier alpha value is -0.810. The van der Waals surface area contributed by atoms with E-state index in [4.69, 9.17) is 5.73 Å². The van der Waals surface area contributed by atoms with Gasteiger partial charge in [0.25, 0.3) is 0 Å². The molecule has 0 bridgehead atoms. The molecule has 2 atom stereocenters. The van der Waals surface area contributed by atoms with Gasteiger partial charge in [0, 0.05) is 35.7 Å². The molecule has 1 aliphatic rings. The number of nitrogens with zero attached hydrogens (tertiary/aromatic N) is 1. The summed E-state index contributed by atoms with van der Waals surface area (Å²) in [4.78, 5) is 5.70. The van der Waals surface area contributed by atoms with Gasteiger partial charge in [0.15, 0.2) is 0 Å². The second-order valence-corrected chi connectivity index (χ2v) is 6.52. The first kappa shape index (κ1) is 20.2. The molecule has 0 saturated heterocycles. The average molecular weight is 362 g/mol. The van der Waals surface area contributed by atoms with Gasteiger partial charge in [-0.3, -0.25) is 0 Å². The van der Waals surface area contributed by atoms with Crippen LogP contribution in [-0.2, 0) is 6.54 Å². The van der Waals surface area contributed by atoms with E-state index in [0.29, 0.717) is 12.0 Å². The topological polar surface area (TPSA) is 45.0 Å². The molecular weight excluding hydrogens is 336 g/mol. The number of H-pyrrole nitrogens is 1. The normalized spacial score (nSPS) is 21.0. The molecule has 1 fully saturated rings. The number of aromatic amines is 1. The molecule has 3 N–H and O–H groups in total. The summed E-state index contributed by atoms with van der Waals surface area (Å²) in [5.41, 5.74) is 8.20. The van der Waals surface area contributed by atoms with E-state index in [9.17, 15) is 4.39 Å². The highest BCUT2D eigenvalue weighted by Gasteiger charge is 2.20. The Kier molecular flexibility index (Phi) is 7.81. The Labute approximate surface area is 149 Å². The van der Waals surface area contributed by atoms with Crippen LogP contribution in [0.15, 0.2) is 24.3 Å². The fourth-order valence-corrected chi connectivity index (χ4v) is 3.54. The molecule has 0 unspecified atom stereocenters. The molecule has 1 aromatic carbocycles. The highest BCUT2D eigenvalue weighted by molar-refractivity contribution is 5.85. The molecule has 0 spiro atoms. The van der Waals surface area contributed by atoms with Gasteiger partial charge in [-0.15, -0.1) is 24.8 Å². The quantitative estimate of drug-likeness (QED) is 0.860. The molecule has 3 rings (SSSR count). The van der Waals surface area contributed by atoms with Crippen LogP contribution in [0, 0.1) is 11.7 Å². The SMILES string of the molecule is CN(Cc1cc2cc(F)ccc2[nH]1)C[C@@H]1CCC[C@H](N)C1.Cl.Cl. The molecule has 1 saturated carbocycles. The number of benzene rings is 1. The second-order valence-electron chi connectivity index (χ2n) is 6.52. The van der Waals surface area contributed by atoms with E-state index >= 15 is 0 Å². The number of fused-ring (bicyclic) bond motifs is 1. The van der Waals surface area contributed by atoms with Gasteiger partial charge in [-0.25, -0.2) is 4.39 Å². The van der Waals surface area contributed by atoms with Crippen molar-refractivity contribution in [2.45, 2.75) is 38.3 Å². The van der Waals surface area contributed by atoms with Crippen molar-refractivity contribution in [1.82, 2.24) is 9.88 Å². The Bertz CT molecular complexity index is 617. The van der Waals surface area contributed by atoms with Crippen molar-refractivity contribution in [3.05, 3.63) is 35.8 Å². The van der Waals surface area contributed by atoms with Crippen LogP contribution in [0.4, 0.5) is 4.39 Å². The van der Waals surface area contributed by atoms with Gasteiger partial charge in [0.2, 0.25) is 0 Å². The highest BCUT2D eigenvalue weighted by Crippen LogP contribution is 2.24. The lowest BCUT2D eigenvalue weighted by Crippen LogP contribution is -2.34. The van der Waals surface area contributed by atoms with Gasteiger partial charge in [-0.2, -0.15) is 0 Å². The zero-order chi connectivity index (χ0) is 14.8. The smallest absolute Gasteiger partial charge is 0.123 e. The largest absolute Gasteiger partial charge is 0.357 e. The summed E-state index contributed by atoms with van der Waals surface area (Å²) in [7, 11) is 2.15. The minimum absolute atomic E-state index is 0. The third kappa shape index (κ3) is 5.35. The number of hydrogen-bond acceptors (Lipinski definition) is 2. The van der Waals surface area contributed by atoms with Gasteiger partial charge < -0.3 is 15.6 Å². The van der Waals surface area contributed by atoms with Crippen molar-refractivity contribution in [2.75, 3.05) is 13.6 Å². The number of hydrogen-bond donors (Lipinski definition) is 2. The van der Waals surface area contributed by atoms with Crippen LogP contribution in [0.25, 0.3) is 10.9 Å². The third-order valence-electron chi connectivity index (χ3n) is 4.47. The van der Waals surface area contributed by atoms with Gasteiger partial charge in [0.1, 0.15) is 5.82 Å². The fourth-order valence-electron chi connectivity index (χ4n) is 3.54. The molecule has 3 nitrogen and oxygen atoms in total. The van der Waals surface area contributed by atoms with Crippen LogP contribution in [-0.4, -0.2) is 29.5 Å². The number of rotatable bonds is 4. The van der Waals surface area contributed by atoms with E-state index in [-0.39, 0.29) is 30.6 Å². The number of nitrogens with one attached hydrogen (secondary N) is 1. The predicted molar refractivity (Wildman–Crippen MR) is 99.0 cm³/mol. The van der Waals surface area contributed by atoms with E-state index in [1.807, 2.05) is 6.07 Å². The first-order chi connectivity index (χ1) is 10.1. The Balaban J connectivity index is 0.00000132. The van der Waals surface area contributed by atoms with Crippen molar-refractivity contribution < 1.29 is 4.39 Å². The monoisotopic (exact) mass is 361 g/mol. The lowest BCUT2D eigenvalue weighted by Gasteiger charge is -2.30. The molecule has 0 amide bonds. The van der Waals surface area contributed by atoms with Crippen molar-refractivity contribution in [3.63, 3.8) is 0 Å². The number of nitrogens with two attached hydrogens (primary N) is 1. The minimum Gasteiger partial charge on any atom is -0.357 e. The molecule has 130 valence electrons. The van der Waals surface area contributed by atoms with Gasteiger partial charge >= 0.3 is 0 Å². The van der Waals surface area contributed by atoms with Crippen molar-refractivity contribution in [1.29, 1.82) is 0 Å². The first-order valence-corrected chi connectivity index (χ1v) is 7.81. The number of halogens is 3. The Morgan fingerprint density at radius 3 is 2.78 bits per heavy atom. The van der Waals surface area contributed by atoms with Crippen molar-refractivity contribution in [2.24, 2.45) is 11.7 Å². The fraction of sp³-hybridized carbons (Fsp3) is 0.529. The van der Waals surface area contributed by atoms with Crippen LogP contribution < -0.4 is 5.73 Å². The molecule has 23 heavy (non-hydrogen) atoms. The maximum absolute atomic E-state index is 13.2. The van der Waals surface area contributed by atoms with E-state index in [1.165, 1.54) is 25.3 Å². The third-order valence-corrected chi connectivity index (χ3v) is 4.47. The van der Waals surface area contributed by atoms with Gasteiger partial charge in [-0.05, 0) is 56.5 Å². The standard InChI is InChI=1S/C17H24FN3.2ClH/c1-21(10-12-3-2-4-15(19)7-12)11-16-9-13-8-14(18)5-6-17(13)20-16;;/h5-6,8-9,12,15,20H,2-4,7,10-11,19H2,1H3;2*1H/t12-,15+;;/m1../s1. The molecule has 1 heterocycles. The second kappa shape index (κ2) is 8.88. The first-order valence-electron chi connectivity index (χ1n) is 7.81. The van der Waals surface area contributed by atoms with Gasteiger partial charge in [-0.1, -0.05) is 6.42 Å². The highest BCUT2D eigenvalue weighted by atomic mass is 35.5. The zero-order valence-electron chi connectivity index (χ0n) is 13.4. The van der Waals surface area contributed by atoms with Crippen molar-refractivity contribution >= 4 is 35.7 Å². The summed E-state index contributed by atoms with van der Waals surface area (Å²) in [6, 6.07) is 7.30. The summed E-state index contributed by atoms with van der Waals surface area (Å²) < 4.78 is 13.2. The molecule has 2 aromatic rings. The maximum atomic E-state index is 13.2. The maximum Gasteiger partial charge on any atom is 0.123 e. The van der Waals surface area contributed by atoms with Crippen LogP contribution >= 0.6 is 24.8 Å². The molecule has 0 aliphatic heterocycles. The number of aromatic nitrogens is 1. The minimum atomic E-state index is -0.183. The summed E-state index contributed by atoms with van der Waals surface area (Å²) >= 11 is 0. The summed E-state index contributed by atoms with van der Waals surface area (Å²) in [5, 5.41) is 0.943. The molecule has 0 radical (unpaired) electrons. The molecule has 6 heteroatoms. The Morgan fingerprint density at radius 2 is 2.04 bits per heavy atom. The van der Waals surface area contributed by atoms with Crippen LogP contribution in [0.3, 0.4) is 0 Å². The summed E-state index contributed by atoms with van der Waals surface area (Å²) in [6.07, 6.45) is 4.86. The van der Waals surface area contributed by atoms with Crippen LogP contribution in [0.2, 0.25) is 0 Å². The van der Waals surface area contributed by atoms with Crippen LogP contribution in [0.1, 0.15) is 31.4 Å². The molecule has 1 aromatic heterocycles. The Morgan fingerprint density at radius 1 is 1.26 bits per heavy atom. The van der Waals surface area contributed by atoms with E-state index < -0.39 is 0 Å². The van der Waals surface area contributed by atoms with Crippen LogP contribution in [0.5, 0.6) is 0 Å². The van der Waals surface area contributed by atoms with Crippen molar-refractivity contribution in [3.8, 4) is 0 Å². The van der Waals surface area contributed by atoms with E-state index in [1.54, 1.807) is 12.1 Å². The zero-order valence-corrected chi connectivity index (χ0v) is 15.1. The lowest BCUT2D eigenvalue weighted by molar-refractivity contribution is 0.215. The lowest BCUT2D eigenvalue weighted by atomic mass is 9.86. The molecular formula is C17H26Cl2FN3. The van der Waals surface area contributed by atoms with Gasteiger partial charge in [0.05, 0.1) is 0 Å².